The molecule has 0 aromatic carbocycles. The van der Waals surface area contributed by atoms with Gasteiger partial charge in [-0.3, -0.25) is 4.79 Å². The third kappa shape index (κ3) is 6.56. The van der Waals surface area contributed by atoms with Crippen molar-refractivity contribution in [2.24, 2.45) is 0 Å². The van der Waals surface area contributed by atoms with Gasteiger partial charge in [0.1, 0.15) is 6.61 Å². The van der Waals surface area contributed by atoms with Gasteiger partial charge < -0.3 is 14.7 Å². The molecule has 0 spiro atoms. The second kappa shape index (κ2) is 7.83. The quantitative estimate of drug-likeness (QED) is 0.764. The van der Waals surface area contributed by atoms with E-state index in [-0.39, 0.29) is 25.0 Å². The van der Waals surface area contributed by atoms with Crippen molar-refractivity contribution in [1.82, 2.24) is 4.90 Å². The van der Waals surface area contributed by atoms with E-state index in [2.05, 4.69) is 4.74 Å². The largest absolute Gasteiger partial charge is 0.411 e. The van der Waals surface area contributed by atoms with Crippen molar-refractivity contribution < 1.29 is 27.8 Å². The second-order valence-electron chi connectivity index (χ2n) is 5.24. The van der Waals surface area contributed by atoms with Crippen LogP contribution in [0.3, 0.4) is 0 Å². The van der Waals surface area contributed by atoms with Crippen molar-refractivity contribution in [3.63, 3.8) is 0 Å². The molecule has 7 heteroatoms. The third-order valence-corrected chi connectivity index (χ3v) is 3.29. The second-order valence-corrected chi connectivity index (χ2v) is 5.24. The van der Waals surface area contributed by atoms with E-state index >= 15 is 0 Å². The van der Waals surface area contributed by atoms with Gasteiger partial charge in [-0.15, -0.1) is 0 Å². The number of ether oxygens (including phenoxy) is 1. The summed E-state index contributed by atoms with van der Waals surface area (Å²) in [6.45, 7) is 0.729. The van der Waals surface area contributed by atoms with E-state index < -0.39 is 18.9 Å². The summed E-state index contributed by atoms with van der Waals surface area (Å²) in [5.41, 5.74) is 0. The predicted octanol–water partition coefficient (Wildman–Crippen LogP) is 2.11. The molecule has 0 aromatic heterocycles. The van der Waals surface area contributed by atoms with Gasteiger partial charge >= 0.3 is 6.18 Å². The van der Waals surface area contributed by atoms with Crippen LogP contribution in [0, 0.1) is 0 Å². The summed E-state index contributed by atoms with van der Waals surface area (Å²) < 4.78 is 40.1. The Balaban J connectivity index is 2.35. The van der Waals surface area contributed by atoms with Gasteiger partial charge in [0, 0.05) is 12.6 Å². The van der Waals surface area contributed by atoms with Gasteiger partial charge in [0.2, 0.25) is 5.91 Å². The molecule has 1 amide bonds. The molecule has 1 aliphatic heterocycles. The minimum Gasteiger partial charge on any atom is -0.393 e. The summed E-state index contributed by atoms with van der Waals surface area (Å²) in [5.74, 6) is -0.197. The molecule has 1 rings (SSSR count). The molecule has 1 saturated heterocycles. The van der Waals surface area contributed by atoms with E-state index in [0.29, 0.717) is 13.0 Å². The Morgan fingerprint density at radius 3 is 2.75 bits per heavy atom. The molecule has 0 aromatic rings. The fourth-order valence-corrected chi connectivity index (χ4v) is 2.46. The zero-order valence-electron chi connectivity index (χ0n) is 11.7. The average molecular weight is 297 g/mol. The third-order valence-electron chi connectivity index (χ3n) is 3.29. The van der Waals surface area contributed by atoms with Gasteiger partial charge in [-0.2, -0.15) is 13.2 Å². The van der Waals surface area contributed by atoms with Crippen molar-refractivity contribution in [3.05, 3.63) is 0 Å². The molecule has 1 aliphatic rings. The van der Waals surface area contributed by atoms with Crippen LogP contribution < -0.4 is 0 Å². The number of aliphatic hydroxyl groups excluding tert-OH is 1. The first-order chi connectivity index (χ1) is 9.29. The topological polar surface area (TPSA) is 49.8 Å². The lowest BCUT2D eigenvalue weighted by molar-refractivity contribution is -0.175. The van der Waals surface area contributed by atoms with Gasteiger partial charge in [-0.1, -0.05) is 0 Å². The summed E-state index contributed by atoms with van der Waals surface area (Å²) in [6.07, 6.45) is -1.66. The minimum atomic E-state index is -4.36. The normalized spacial score (nSPS) is 21.9. The molecule has 20 heavy (non-hydrogen) atoms. The van der Waals surface area contributed by atoms with Gasteiger partial charge in [0.05, 0.1) is 19.1 Å². The van der Waals surface area contributed by atoms with Crippen LogP contribution in [0.25, 0.3) is 0 Å². The van der Waals surface area contributed by atoms with Gasteiger partial charge in [-0.25, -0.2) is 0 Å². The van der Waals surface area contributed by atoms with E-state index in [4.69, 9.17) is 0 Å². The van der Waals surface area contributed by atoms with Crippen molar-refractivity contribution in [3.8, 4) is 0 Å². The Labute approximate surface area is 116 Å². The molecule has 118 valence electrons. The van der Waals surface area contributed by atoms with Crippen LogP contribution >= 0.6 is 0 Å². The number of hydrogen-bond donors (Lipinski definition) is 1. The van der Waals surface area contributed by atoms with Crippen LogP contribution in [0.2, 0.25) is 0 Å². The molecular weight excluding hydrogens is 275 g/mol. The van der Waals surface area contributed by atoms with Crippen LogP contribution in [0.5, 0.6) is 0 Å². The number of nitrogens with zero attached hydrogens (tertiary/aromatic N) is 1. The molecule has 0 aliphatic carbocycles. The van der Waals surface area contributed by atoms with Crippen LogP contribution in [0.15, 0.2) is 0 Å². The number of rotatable bonds is 6. The predicted molar refractivity (Wildman–Crippen MR) is 67.1 cm³/mol. The average Bonchev–Trinajstić information content (AvgIpc) is 2.33. The fourth-order valence-electron chi connectivity index (χ4n) is 2.46. The molecule has 1 heterocycles. The summed E-state index contributed by atoms with van der Waals surface area (Å²) in [5, 5.41) is 9.42. The van der Waals surface area contributed by atoms with Crippen molar-refractivity contribution >= 4 is 5.91 Å². The highest BCUT2D eigenvalue weighted by atomic mass is 19.4. The lowest BCUT2D eigenvalue weighted by Crippen LogP contribution is -2.45. The van der Waals surface area contributed by atoms with Crippen LogP contribution in [-0.4, -0.2) is 54.0 Å². The Morgan fingerprint density at radius 1 is 1.45 bits per heavy atom. The van der Waals surface area contributed by atoms with Crippen LogP contribution in [0.1, 0.15) is 39.0 Å². The number of likely N-dealkylation sites (tertiary alicyclic amines) is 1. The Morgan fingerprint density at radius 2 is 2.15 bits per heavy atom. The number of carbonyl (C=O) groups excluding carboxylic acids is 1. The summed E-state index contributed by atoms with van der Waals surface area (Å²) in [7, 11) is 0. The molecule has 1 N–H and O–H groups in total. The Kier molecular flexibility index (Phi) is 6.75. The highest BCUT2D eigenvalue weighted by Crippen LogP contribution is 2.22. The molecule has 0 bridgehead atoms. The Bertz CT molecular complexity index is 308. The van der Waals surface area contributed by atoms with Crippen LogP contribution in [0.4, 0.5) is 13.2 Å². The lowest BCUT2D eigenvalue weighted by Gasteiger charge is -2.36. The maximum Gasteiger partial charge on any atom is 0.411 e. The summed E-state index contributed by atoms with van der Waals surface area (Å²) >= 11 is 0. The molecule has 4 nitrogen and oxygen atoms in total. The number of aliphatic hydroxyl groups is 1. The molecule has 1 fully saturated rings. The first kappa shape index (κ1) is 17.2. The van der Waals surface area contributed by atoms with E-state index in [1.54, 1.807) is 11.8 Å². The van der Waals surface area contributed by atoms with Crippen molar-refractivity contribution in [2.45, 2.75) is 57.3 Å². The van der Waals surface area contributed by atoms with Crippen molar-refractivity contribution in [2.75, 3.05) is 19.8 Å². The number of alkyl halides is 3. The maximum atomic E-state index is 12.0. The number of amides is 1. The molecule has 2 unspecified atom stereocenters. The standard InChI is InChI=1S/C13H22F3NO3/c1-10(18)8-11-4-2-3-6-17(11)12(19)5-7-20-9-13(14,15)16/h10-11,18H,2-9H2,1H3. The highest BCUT2D eigenvalue weighted by Gasteiger charge is 2.29. The monoisotopic (exact) mass is 297 g/mol. The van der Waals surface area contributed by atoms with Gasteiger partial charge in [0.25, 0.3) is 0 Å². The van der Waals surface area contributed by atoms with E-state index in [1.807, 2.05) is 0 Å². The minimum absolute atomic E-state index is 0.0149. The molecule has 2 atom stereocenters. The number of carbonyl (C=O) groups is 1. The summed E-state index contributed by atoms with van der Waals surface area (Å²) in [6, 6.07) is -0.0149. The van der Waals surface area contributed by atoms with E-state index in [9.17, 15) is 23.1 Å². The van der Waals surface area contributed by atoms with E-state index in [0.717, 1.165) is 19.3 Å². The summed E-state index contributed by atoms with van der Waals surface area (Å²) in [4.78, 5) is 13.7. The fraction of sp³-hybridized carbons (Fsp3) is 0.923. The first-order valence-corrected chi connectivity index (χ1v) is 6.91. The smallest absolute Gasteiger partial charge is 0.393 e. The number of piperidine rings is 1. The Hall–Kier alpha value is -0.820. The first-order valence-electron chi connectivity index (χ1n) is 6.91. The van der Waals surface area contributed by atoms with Crippen LogP contribution in [-0.2, 0) is 9.53 Å². The molecule has 0 radical (unpaired) electrons. The van der Waals surface area contributed by atoms with Gasteiger partial charge in [-0.05, 0) is 32.6 Å². The molecule has 0 saturated carbocycles. The SMILES string of the molecule is CC(O)CC1CCCCN1C(=O)CCOCC(F)(F)F. The zero-order valence-corrected chi connectivity index (χ0v) is 11.7. The number of hydrogen-bond acceptors (Lipinski definition) is 3. The lowest BCUT2D eigenvalue weighted by atomic mass is 9.97. The van der Waals surface area contributed by atoms with Gasteiger partial charge in [0.15, 0.2) is 0 Å². The van der Waals surface area contributed by atoms with E-state index in [1.165, 1.54) is 0 Å². The highest BCUT2D eigenvalue weighted by molar-refractivity contribution is 5.76. The number of halogens is 3. The zero-order chi connectivity index (χ0) is 15.2. The van der Waals surface area contributed by atoms with Crippen molar-refractivity contribution in [1.29, 1.82) is 0 Å². The molecular formula is C13H22F3NO3. The maximum absolute atomic E-state index is 12.0.